The van der Waals surface area contributed by atoms with E-state index in [4.69, 9.17) is 27.9 Å². The lowest BCUT2D eigenvalue weighted by molar-refractivity contribution is -0.384. The standard InChI is InChI=1S/C18H15Cl2N3O5/c1-18(14-6-5-11(19)9-15(14)20)16(24)22(17(25)21-18)7-8-28-13-4-2-3-12(10-13)23(26)27/h2-6,9-10H,7-8H2,1H3,(H,21,25)/t18-/m1/s1. The van der Waals surface area contributed by atoms with E-state index in [0.29, 0.717) is 10.6 Å². The quantitative estimate of drug-likeness (QED) is 0.432. The number of ether oxygens (including phenoxy) is 1. The van der Waals surface area contributed by atoms with Crippen molar-refractivity contribution < 1.29 is 19.2 Å². The second-order valence-electron chi connectivity index (χ2n) is 6.24. The number of hydrogen-bond donors (Lipinski definition) is 1. The Labute approximate surface area is 170 Å². The molecule has 0 aliphatic carbocycles. The fourth-order valence-electron chi connectivity index (χ4n) is 2.92. The Hall–Kier alpha value is -2.84. The summed E-state index contributed by atoms with van der Waals surface area (Å²) in [5.74, 6) is -0.214. The van der Waals surface area contributed by atoms with Crippen molar-refractivity contribution in [1.29, 1.82) is 0 Å². The number of carbonyl (C=O) groups is 2. The molecule has 0 unspecified atom stereocenters. The van der Waals surface area contributed by atoms with Crippen molar-refractivity contribution in [2.45, 2.75) is 12.5 Å². The minimum absolute atomic E-state index is 0.0231. The van der Waals surface area contributed by atoms with Crippen molar-refractivity contribution in [3.8, 4) is 5.75 Å². The molecule has 0 aromatic heterocycles. The third-order valence-electron chi connectivity index (χ3n) is 4.36. The molecule has 1 atom stereocenters. The highest BCUT2D eigenvalue weighted by Gasteiger charge is 2.49. The van der Waals surface area contributed by atoms with Crippen molar-refractivity contribution >= 4 is 40.8 Å². The number of carbonyl (C=O) groups excluding carboxylic acids is 2. The smallest absolute Gasteiger partial charge is 0.325 e. The van der Waals surface area contributed by atoms with Crippen LogP contribution in [-0.2, 0) is 10.3 Å². The van der Waals surface area contributed by atoms with Gasteiger partial charge in [0.25, 0.3) is 11.6 Å². The van der Waals surface area contributed by atoms with Gasteiger partial charge < -0.3 is 10.1 Å². The molecule has 10 heteroatoms. The Morgan fingerprint density at radius 2 is 1.96 bits per heavy atom. The summed E-state index contributed by atoms with van der Waals surface area (Å²) in [6.45, 7) is 1.50. The highest BCUT2D eigenvalue weighted by molar-refractivity contribution is 6.35. The van der Waals surface area contributed by atoms with Gasteiger partial charge in [0.2, 0.25) is 0 Å². The largest absolute Gasteiger partial charge is 0.491 e. The van der Waals surface area contributed by atoms with Gasteiger partial charge in [-0.05, 0) is 25.1 Å². The van der Waals surface area contributed by atoms with E-state index in [-0.39, 0.29) is 29.6 Å². The third kappa shape index (κ3) is 3.74. The number of halogens is 2. The summed E-state index contributed by atoms with van der Waals surface area (Å²) in [5, 5.41) is 14.1. The number of imide groups is 1. The monoisotopic (exact) mass is 423 g/mol. The molecule has 1 N–H and O–H groups in total. The fourth-order valence-corrected chi connectivity index (χ4v) is 3.52. The first-order valence-electron chi connectivity index (χ1n) is 8.19. The Balaban J connectivity index is 1.70. The van der Waals surface area contributed by atoms with Crippen LogP contribution >= 0.6 is 23.2 Å². The van der Waals surface area contributed by atoms with Crippen LogP contribution in [0.25, 0.3) is 0 Å². The maximum atomic E-state index is 12.9. The molecule has 0 radical (unpaired) electrons. The Bertz CT molecular complexity index is 968. The summed E-state index contributed by atoms with van der Waals surface area (Å²) in [7, 11) is 0. The summed E-state index contributed by atoms with van der Waals surface area (Å²) in [5.41, 5.74) is -1.01. The molecule has 28 heavy (non-hydrogen) atoms. The van der Waals surface area contributed by atoms with E-state index in [2.05, 4.69) is 5.32 Å². The number of nitro groups is 1. The van der Waals surface area contributed by atoms with Crippen LogP contribution in [0, 0.1) is 10.1 Å². The van der Waals surface area contributed by atoms with Crippen LogP contribution in [0.5, 0.6) is 5.75 Å². The molecule has 8 nitrogen and oxygen atoms in total. The highest BCUT2D eigenvalue weighted by atomic mass is 35.5. The second-order valence-corrected chi connectivity index (χ2v) is 7.08. The number of hydrogen-bond acceptors (Lipinski definition) is 5. The lowest BCUT2D eigenvalue weighted by Crippen LogP contribution is -2.41. The molecule has 2 aromatic carbocycles. The molecule has 146 valence electrons. The lowest BCUT2D eigenvalue weighted by Gasteiger charge is -2.23. The predicted octanol–water partition coefficient (Wildman–Crippen LogP) is 3.75. The van der Waals surface area contributed by atoms with Gasteiger partial charge in [-0.25, -0.2) is 4.79 Å². The van der Waals surface area contributed by atoms with Gasteiger partial charge in [0.1, 0.15) is 17.9 Å². The molecular formula is C18H15Cl2N3O5. The molecule has 2 aromatic rings. The van der Waals surface area contributed by atoms with E-state index < -0.39 is 22.4 Å². The topological polar surface area (TPSA) is 102 Å². The van der Waals surface area contributed by atoms with Crippen LogP contribution in [-0.4, -0.2) is 34.9 Å². The first-order chi connectivity index (χ1) is 13.2. The van der Waals surface area contributed by atoms with Gasteiger partial charge in [-0.1, -0.05) is 35.3 Å². The molecule has 0 bridgehead atoms. The molecule has 3 rings (SSSR count). The molecule has 1 aliphatic rings. The van der Waals surface area contributed by atoms with Crippen LogP contribution < -0.4 is 10.1 Å². The number of urea groups is 1. The Morgan fingerprint density at radius 3 is 2.64 bits per heavy atom. The third-order valence-corrected chi connectivity index (χ3v) is 4.90. The van der Waals surface area contributed by atoms with Crippen LogP contribution in [0.4, 0.5) is 10.5 Å². The zero-order valence-corrected chi connectivity index (χ0v) is 16.2. The van der Waals surface area contributed by atoms with Gasteiger partial charge in [0.15, 0.2) is 0 Å². The first kappa shape index (κ1) is 19.9. The number of amides is 3. The van der Waals surface area contributed by atoms with Crippen LogP contribution in [0.1, 0.15) is 12.5 Å². The maximum absolute atomic E-state index is 12.9. The summed E-state index contributed by atoms with van der Waals surface area (Å²) in [4.78, 5) is 36.5. The lowest BCUT2D eigenvalue weighted by atomic mass is 9.92. The zero-order chi connectivity index (χ0) is 20.5. The molecule has 1 fully saturated rings. The van der Waals surface area contributed by atoms with E-state index in [1.165, 1.54) is 24.3 Å². The van der Waals surface area contributed by atoms with E-state index in [0.717, 1.165) is 4.90 Å². The first-order valence-corrected chi connectivity index (χ1v) is 8.95. The van der Waals surface area contributed by atoms with Gasteiger partial charge in [-0.3, -0.25) is 19.8 Å². The predicted molar refractivity (Wildman–Crippen MR) is 103 cm³/mol. The van der Waals surface area contributed by atoms with Crippen molar-refractivity contribution in [3.05, 3.63) is 68.2 Å². The van der Waals surface area contributed by atoms with E-state index >= 15 is 0 Å². The van der Waals surface area contributed by atoms with E-state index in [1.54, 1.807) is 25.1 Å². The number of rotatable bonds is 6. The summed E-state index contributed by atoms with van der Waals surface area (Å²) in [6, 6.07) is 9.73. The van der Waals surface area contributed by atoms with Gasteiger partial charge in [-0.15, -0.1) is 0 Å². The molecular weight excluding hydrogens is 409 g/mol. The molecule has 1 aliphatic heterocycles. The molecule has 0 saturated carbocycles. The SMILES string of the molecule is C[C@]1(c2ccc(Cl)cc2Cl)NC(=O)N(CCOc2cccc([N+](=O)[O-])c2)C1=O. The van der Waals surface area contributed by atoms with Crippen LogP contribution in [0.15, 0.2) is 42.5 Å². The van der Waals surface area contributed by atoms with Gasteiger partial charge >= 0.3 is 6.03 Å². The van der Waals surface area contributed by atoms with Gasteiger partial charge in [0.05, 0.1) is 17.5 Å². The Morgan fingerprint density at radius 1 is 1.21 bits per heavy atom. The minimum Gasteiger partial charge on any atom is -0.491 e. The van der Waals surface area contributed by atoms with Crippen LogP contribution in [0.3, 0.4) is 0 Å². The minimum atomic E-state index is -1.33. The normalized spacial score (nSPS) is 18.9. The van der Waals surface area contributed by atoms with Gasteiger partial charge in [-0.2, -0.15) is 0 Å². The number of nitrogens with one attached hydrogen (secondary N) is 1. The number of nitrogens with zero attached hydrogens (tertiary/aromatic N) is 2. The van der Waals surface area contributed by atoms with Crippen molar-refractivity contribution in [2.24, 2.45) is 0 Å². The van der Waals surface area contributed by atoms with Crippen molar-refractivity contribution in [3.63, 3.8) is 0 Å². The fraction of sp³-hybridized carbons (Fsp3) is 0.222. The average Bonchev–Trinajstić information content (AvgIpc) is 2.85. The summed E-state index contributed by atoms with van der Waals surface area (Å²) >= 11 is 12.1. The number of non-ortho nitro benzene ring substituents is 1. The zero-order valence-electron chi connectivity index (χ0n) is 14.6. The van der Waals surface area contributed by atoms with Crippen molar-refractivity contribution in [2.75, 3.05) is 13.2 Å². The number of benzene rings is 2. The van der Waals surface area contributed by atoms with E-state index in [1.807, 2.05) is 0 Å². The molecule has 1 heterocycles. The molecule has 1 saturated heterocycles. The van der Waals surface area contributed by atoms with Crippen LogP contribution in [0.2, 0.25) is 10.0 Å². The Kier molecular flexibility index (Phi) is 5.44. The summed E-state index contributed by atoms with van der Waals surface area (Å²) < 4.78 is 5.45. The van der Waals surface area contributed by atoms with E-state index in [9.17, 15) is 19.7 Å². The molecule has 0 spiro atoms. The maximum Gasteiger partial charge on any atom is 0.325 e. The van der Waals surface area contributed by atoms with Gasteiger partial charge in [0, 0.05) is 21.7 Å². The summed E-state index contributed by atoms with van der Waals surface area (Å²) in [6.07, 6.45) is 0. The van der Waals surface area contributed by atoms with Crippen molar-refractivity contribution in [1.82, 2.24) is 10.2 Å². The number of nitro benzene ring substituents is 1. The second kappa shape index (κ2) is 7.65. The highest BCUT2D eigenvalue weighted by Crippen LogP contribution is 2.34. The molecule has 3 amide bonds. The average molecular weight is 424 g/mol.